The molecule has 0 radical (unpaired) electrons. The van der Waals surface area contributed by atoms with Crippen molar-refractivity contribution in [2.75, 3.05) is 19.6 Å². The molecule has 5 nitrogen and oxygen atoms in total. The van der Waals surface area contributed by atoms with Gasteiger partial charge in [-0.05, 0) is 48.8 Å². The maximum Gasteiger partial charge on any atom is 0.228 e. The molecule has 2 amide bonds. The Balaban J connectivity index is 1.66. The van der Waals surface area contributed by atoms with Gasteiger partial charge in [-0.2, -0.15) is 0 Å². The van der Waals surface area contributed by atoms with Crippen molar-refractivity contribution >= 4 is 11.8 Å². The van der Waals surface area contributed by atoms with Crippen molar-refractivity contribution < 1.29 is 9.59 Å². The molecule has 1 aromatic heterocycles. The van der Waals surface area contributed by atoms with Gasteiger partial charge < -0.3 is 10.2 Å². The SMILES string of the molecule is C=CCNC(=O)[C@]1(Cc2ccccc2-c2cccnc2)CCCN(C(=O)[C@H]2C[C@@H]2C)C1. The van der Waals surface area contributed by atoms with E-state index < -0.39 is 5.41 Å². The molecule has 1 saturated heterocycles. The van der Waals surface area contributed by atoms with Gasteiger partial charge in [0.2, 0.25) is 11.8 Å². The molecule has 2 heterocycles. The van der Waals surface area contributed by atoms with E-state index in [1.807, 2.05) is 35.4 Å². The number of amides is 2. The average Bonchev–Trinajstić information content (AvgIpc) is 3.54. The monoisotopic (exact) mass is 417 g/mol. The number of carbonyl (C=O) groups is 2. The smallest absolute Gasteiger partial charge is 0.228 e. The summed E-state index contributed by atoms with van der Waals surface area (Å²) >= 11 is 0. The average molecular weight is 418 g/mol. The van der Waals surface area contributed by atoms with Crippen molar-refractivity contribution in [3.8, 4) is 11.1 Å². The highest BCUT2D eigenvalue weighted by Gasteiger charge is 2.47. The molecule has 0 bridgehead atoms. The van der Waals surface area contributed by atoms with Gasteiger partial charge in [-0.15, -0.1) is 6.58 Å². The molecule has 1 N–H and O–H groups in total. The summed E-state index contributed by atoms with van der Waals surface area (Å²) < 4.78 is 0. The van der Waals surface area contributed by atoms with Gasteiger partial charge >= 0.3 is 0 Å². The molecule has 1 aliphatic carbocycles. The summed E-state index contributed by atoms with van der Waals surface area (Å²) in [4.78, 5) is 32.7. The Labute approximate surface area is 184 Å². The number of aromatic nitrogens is 1. The van der Waals surface area contributed by atoms with Crippen LogP contribution in [0.2, 0.25) is 0 Å². The van der Waals surface area contributed by atoms with Gasteiger partial charge in [0.25, 0.3) is 0 Å². The number of likely N-dealkylation sites (tertiary alicyclic amines) is 1. The number of hydrogen-bond acceptors (Lipinski definition) is 3. The highest BCUT2D eigenvalue weighted by Crippen LogP contribution is 2.42. The molecular weight excluding hydrogens is 386 g/mol. The first-order chi connectivity index (χ1) is 15.0. The van der Waals surface area contributed by atoms with E-state index in [2.05, 4.69) is 35.9 Å². The van der Waals surface area contributed by atoms with Crippen LogP contribution in [0.25, 0.3) is 11.1 Å². The molecule has 1 aromatic carbocycles. The number of pyridine rings is 1. The highest BCUT2D eigenvalue weighted by molar-refractivity contribution is 5.86. The molecule has 31 heavy (non-hydrogen) atoms. The third-order valence-corrected chi connectivity index (χ3v) is 6.72. The van der Waals surface area contributed by atoms with Gasteiger partial charge in [-0.25, -0.2) is 0 Å². The Bertz CT molecular complexity index is 958. The second-order valence-electron chi connectivity index (χ2n) is 9.04. The second kappa shape index (κ2) is 9.04. The summed E-state index contributed by atoms with van der Waals surface area (Å²) in [6.07, 6.45) is 8.48. The van der Waals surface area contributed by atoms with Crippen LogP contribution in [-0.4, -0.2) is 41.3 Å². The molecule has 3 atom stereocenters. The number of nitrogens with one attached hydrogen (secondary N) is 1. The Kier molecular flexibility index (Phi) is 6.21. The van der Waals surface area contributed by atoms with Gasteiger partial charge in [0.05, 0.1) is 5.41 Å². The van der Waals surface area contributed by atoms with E-state index in [-0.39, 0.29) is 17.7 Å². The second-order valence-corrected chi connectivity index (χ2v) is 9.04. The van der Waals surface area contributed by atoms with Crippen molar-refractivity contribution in [3.05, 3.63) is 67.0 Å². The lowest BCUT2D eigenvalue weighted by molar-refractivity contribution is -0.142. The zero-order chi connectivity index (χ0) is 21.8. The minimum atomic E-state index is -0.645. The summed E-state index contributed by atoms with van der Waals surface area (Å²) in [5.41, 5.74) is 2.59. The van der Waals surface area contributed by atoms with Gasteiger partial charge in [-0.3, -0.25) is 14.6 Å². The maximum atomic E-state index is 13.4. The zero-order valence-corrected chi connectivity index (χ0v) is 18.2. The molecule has 2 aliphatic rings. The van der Waals surface area contributed by atoms with Gasteiger partial charge in [0.1, 0.15) is 0 Å². The molecule has 2 aromatic rings. The summed E-state index contributed by atoms with van der Waals surface area (Å²) in [6.45, 7) is 7.50. The molecule has 5 heteroatoms. The van der Waals surface area contributed by atoms with E-state index in [4.69, 9.17) is 0 Å². The third-order valence-electron chi connectivity index (χ3n) is 6.72. The lowest BCUT2D eigenvalue weighted by atomic mass is 9.73. The van der Waals surface area contributed by atoms with E-state index in [0.717, 1.165) is 42.5 Å². The van der Waals surface area contributed by atoms with Crippen molar-refractivity contribution in [1.82, 2.24) is 15.2 Å². The number of piperidine rings is 1. The van der Waals surface area contributed by atoms with Crippen molar-refractivity contribution in [2.24, 2.45) is 17.3 Å². The summed E-state index contributed by atoms with van der Waals surface area (Å²) in [5, 5.41) is 3.03. The highest BCUT2D eigenvalue weighted by atomic mass is 16.2. The minimum Gasteiger partial charge on any atom is -0.352 e. The van der Waals surface area contributed by atoms with Gasteiger partial charge in [0, 0.05) is 43.5 Å². The quantitative estimate of drug-likeness (QED) is 0.696. The largest absolute Gasteiger partial charge is 0.352 e. The summed E-state index contributed by atoms with van der Waals surface area (Å²) in [5.74, 6) is 0.822. The third kappa shape index (κ3) is 4.55. The Hall–Kier alpha value is -2.95. The van der Waals surface area contributed by atoms with Crippen LogP contribution < -0.4 is 5.32 Å². The molecule has 0 spiro atoms. The predicted molar refractivity (Wildman–Crippen MR) is 122 cm³/mol. The van der Waals surface area contributed by atoms with Crippen LogP contribution in [0.15, 0.2) is 61.4 Å². The lowest BCUT2D eigenvalue weighted by Gasteiger charge is -2.42. The first kappa shape index (κ1) is 21.3. The topological polar surface area (TPSA) is 62.3 Å². The zero-order valence-electron chi connectivity index (χ0n) is 18.2. The van der Waals surface area contributed by atoms with Crippen LogP contribution in [0.1, 0.15) is 31.7 Å². The fraction of sp³-hybridized carbons (Fsp3) is 0.423. The molecule has 4 rings (SSSR count). The van der Waals surface area contributed by atoms with Crippen molar-refractivity contribution in [3.63, 3.8) is 0 Å². The van der Waals surface area contributed by atoms with Gasteiger partial charge in [-0.1, -0.05) is 43.3 Å². The molecule has 1 aliphatic heterocycles. The van der Waals surface area contributed by atoms with Gasteiger partial charge in [0.15, 0.2) is 0 Å². The molecule has 2 fully saturated rings. The molecule has 1 saturated carbocycles. The normalized spacial score (nSPS) is 25.0. The van der Waals surface area contributed by atoms with Crippen molar-refractivity contribution in [2.45, 2.75) is 32.6 Å². The van der Waals surface area contributed by atoms with E-state index in [0.29, 0.717) is 25.4 Å². The number of benzene rings is 1. The van der Waals surface area contributed by atoms with E-state index >= 15 is 0 Å². The predicted octanol–water partition coefficient (Wildman–Crippen LogP) is 3.86. The molecule has 0 unspecified atom stereocenters. The lowest BCUT2D eigenvalue weighted by Crippen LogP contribution is -2.55. The van der Waals surface area contributed by atoms with Crippen LogP contribution in [0.5, 0.6) is 0 Å². The Morgan fingerprint density at radius 3 is 2.81 bits per heavy atom. The molecular formula is C26H31N3O2. The fourth-order valence-corrected chi connectivity index (χ4v) is 4.83. The number of nitrogens with zero attached hydrogens (tertiary/aromatic N) is 2. The molecule has 162 valence electrons. The summed E-state index contributed by atoms with van der Waals surface area (Å²) in [6, 6.07) is 12.2. The van der Waals surface area contributed by atoms with Crippen LogP contribution in [0.3, 0.4) is 0 Å². The van der Waals surface area contributed by atoms with Crippen molar-refractivity contribution in [1.29, 1.82) is 0 Å². The Morgan fingerprint density at radius 1 is 1.29 bits per heavy atom. The number of rotatable bonds is 7. The number of hydrogen-bond donors (Lipinski definition) is 1. The standard InChI is InChI=1S/C26H31N3O2/c1-3-12-28-25(31)26(11-7-14-29(18-26)24(30)23-15-19(23)2)16-20-8-4-5-10-22(20)21-9-6-13-27-17-21/h3-6,8-10,13,17,19,23H,1,7,11-12,14-16,18H2,2H3,(H,28,31)/t19-,23-,26-/m0/s1. The van der Waals surface area contributed by atoms with Crippen LogP contribution in [0.4, 0.5) is 0 Å². The first-order valence-corrected chi connectivity index (χ1v) is 11.2. The van der Waals surface area contributed by atoms with Crippen LogP contribution >= 0.6 is 0 Å². The minimum absolute atomic E-state index is 0.00901. The van der Waals surface area contributed by atoms with E-state index in [9.17, 15) is 9.59 Å². The van der Waals surface area contributed by atoms with Crippen LogP contribution in [0, 0.1) is 17.3 Å². The number of carbonyl (C=O) groups excluding carboxylic acids is 2. The first-order valence-electron chi connectivity index (χ1n) is 11.2. The maximum absolute atomic E-state index is 13.4. The summed E-state index contributed by atoms with van der Waals surface area (Å²) in [7, 11) is 0. The van der Waals surface area contributed by atoms with Crippen LogP contribution in [-0.2, 0) is 16.0 Å². The van der Waals surface area contributed by atoms with E-state index in [1.54, 1.807) is 12.3 Å². The Morgan fingerprint density at radius 2 is 2.10 bits per heavy atom. The fourth-order valence-electron chi connectivity index (χ4n) is 4.83. The van der Waals surface area contributed by atoms with E-state index in [1.165, 1.54) is 0 Å².